The van der Waals surface area contributed by atoms with Gasteiger partial charge < -0.3 is 89.9 Å². The van der Waals surface area contributed by atoms with Gasteiger partial charge in [-0.2, -0.15) is 0 Å². The molecule has 0 radical (unpaired) electrons. The summed E-state index contributed by atoms with van der Waals surface area (Å²) in [4.78, 5) is 13.4. The average molecular weight is 1340 g/mol. The molecule has 1 amide bonds. The summed E-state index contributed by atoms with van der Waals surface area (Å²) < 4.78 is 34.4. The van der Waals surface area contributed by atoms with Gasteiger partial charge in [0.2, 0.25) is 5.91 Å². The van der Waals surface area contributed by atoms with Gasteiger partial charge in [0.25, 0.3) is 0 Å². The minimum absolute atomic E-state index is 0.219. The number of hydrogen-bond donors (Lipinski definition) is 12. The molecular weight excluding hydrogens is 1200 g/mol. The standard InChI is InChI=1S/C75H135NO18/c1-3-5-7-9-11-13-15-17-19-21-23-25-26-27-28-29-30-31-33-34-36-38-40-42-44-46-48-50-52-59(80)58(76-63(81)53-51-49-47-45-43-41-39-37-35-32-24-22-20-18-16-14-12-10-8-6-4-2)57-89-73-69(87)66(84)71(61(55-78)91-73)94-75-70(88)67(85)72(62(56-79)92-75)93-74-68(86)65(83)64(82)60(54-77)90-74/h16,18,22,24,35,37,42,44,50,52,58-62,64-75,77-80,82-88H,3-15,17,19-21,23,25-34,36,38-41,43,45-49,51,53-57H2,1-2H3,(H,76,81)/b18-16-,24-22-,37-35-,44-42+,52-50+. The summed E-state index contributed by atoms with van der Waals surface area (Å²) in [7, 11) is 0. The molecule has 3 heterocycles. The molecule has 0 saturated carbocycles. The monoisotopic (exact) mass is 1340 g/mol. The van der Waals surface area contributed by atoms with Crippen molar-refractivity contribution in [2.45, 2.75) is 381 Å². The van der Waals surface area contributed by atoms with Crippen LogP contribution in [0.2, 0.25) is 0 Å². The third-order valence-electron chi connectivity index (χ3n) is 18.5. The Kier molecular flexibility index (Phi) is 51.3. The van der Waals surface area contributed by atoms with Gasteiger partial charge in [0.05, 0.1) is 38.6 Å². The van der Waals surface area contributed by atoms with Gasteiger partial charge in [-0.25, -0.2) is 0 Å². The summed E-state index contributed by atoms with van der Waals surface area (Å²) in [6, 6.07) is -1.00. The molecule has 0 aromatic heterocycles. The summed E-state index contributed by atoms with van der Waals surface area (Å²) in [5.41, 5.74) is 0. The van der Waals surface area contributed by atoms with Crippen LogP contribution in [0.5, 0.6) is 0 Å². The van der Waals surface area contributed by atoms with Crippen molar-refractivity contribution in [2.24, 2.45) is 0 Å². The van der Waals surface area contributed by atoms with E-state index in [-0.39, 0.29) is 18.9 Å². The highest BCUT2D eigenvalue weighted by atomic mass is 16.8. The van der Waals surface area contributed by atoms with Gasteiger partial charge in [0.15, 0.2) is 18.9 Å². The molecule has 0 aromatic rings. The lowest BCUT2D eigenvalue weighted by Crippen LogP contribution is -2.66. The number of carbonyl (C=O) groups is 1. The Morgan fingerprint density at radius 2 is 0.713 bits per heavy atom. The topological polar surface area (TPSA) is 307 Å². The number of nitrogens with one attached hydrogen (secondary N) is 1. The number of hydrogen-bond acceptors (Lipinski definition) is 18. The Bertz CT molecular complexity index is 1940. The van der Waals surface area contributed by atoms with Crippen molar-refractivity contribution in [2.75, 3.05) is 26.4 Å². The second-order valence-corrected chi connectivity index (χ2v) is 26.7. The molecule has 3 aliphatic heterocycles. The zero-order valence-corrected chi connectivity index (χ0v) is 58.2. The zero-order valence-electron chi connectivity index (χ0n) is 58.2. The first-order chi connectivity index (χ1) is 45.8. The fourth-order valence-electron chi connectivity index (χ4n) is 12.5. The van der Waals surface area contributed by atoms with Crippen LogP contribution in [-0.4, -0.2) is 193 Å². The highest BCUT2D eigenvalue weighted by molar-refractivity contribution is 5.76. The first kappa shape index (κ1) is 85.7. The number of carbonyl (C=O) groups excluding carboxylic acids is 1. The van der Waals surface area contributed by atoms with Crippen LogP contribution in [-0.2, 0) is 33.2 Å². The van der Waals surface area contributed by atoms with Gasteiger partial charge in [0.1, 0.15) is 73.2 Å². The van der Waals surface area contributed by atoms with Crippen LogP contribution in [0.25, 0.3) is 0 Å². The van der Waals surface area contributed by atoms with Crippen LogP contribution in [0.3, 0.4) is 0 Å². The van der Waals surface area contributed by atoms with Crippen molar-refractivity contribution < 1.29 is 89.4 Å². The second kappa shape index (κ2) is 56.3. The van der Waals surface area contributed by atoms with Crippen molar-refractivity contribution in [3.63, 3.8) is 0 Å². The van der Waals surface area contributed by atoms with Crippen LogP contribution in [0.15, 0.2) is 60.8 Å². The summed E-state index contributed by atoms with van der Waals surface area (Å²) >= 11 is 0. The summed E-state index contributed by atoms with van der Waals surface area (Å²) in [6.45, 7) is 1.72. The van der Waals surface area contributed by atoms with E-state index in [2.05, 4.69) is 67.8 Å². The van der Waals surface area contributed by atoms with Gasteiger partial charge in [-0.05, 0) is 70.6 Å². The van der Waals surface area contributed by atoms with Gasteiger partial charge >= 0.3 is 0 Å². The van der Waals surface area contributed by atoms with Crippen molar-refractivity contribution in [1.29, 1.82) is 0 Å². The molecule has 19 nitrogen and oxygen atoms in total. The lowest BCUT2D eigenvalue weighted by molar-refractivity contribution is -0.379. The Morgan fingerprint density at radius 1 is 0.383 bits per heavy atom. The smallest absolute Gasteiger partial charge is 0.220 e. The van der Waals surface area contributed by atoms with E-state index in [4.69, 9.17) is 28.4 Å². The highest BCUT2D eigenvalue weighted by Crippen LogP contribution is 2.33. The maximum Gasteiger partial charge on any atom is 0.220 e. The van der Waals surface area contributed by atoms with Crippen molar-refractivity contribution in [1.82, 2.24) is 5.32 Å². The first-order valence-corrected chi connectivity index (χ1v) is 37.5. The SMILES string of the molecule is CCCCCCC/C=C\C/C=C\C/C=C\CCCCCCCCC(=O)NC(COC1OC(CO)C(OC2OC(CO)C(OC3OC(CO)C(O)C(O)C3O)C(O)C2O)C(O)C1O)C(O)/C=C/CC/C=C/CCCCCCCCCCCCCCCCCCCCCCCC. The quantitative estimate of drug-likeness (QED) is 0.0199. The number of ether oxygens (including phenoxy) is 6. The van der Waals surface area contributed by atoms with Crippen molar-refractivity contribution in [3.8, 4) is 0 Å². The van der Waals surface area contributed by atoms with E-state index < -0.39 is 124 Å². The number of allylic oxidation sites excluding steroid dienone is 9. The largest absolute Gasteiger partial charge is 0.394 e. The number of aliphatic hydroxyl groups excluding tert-OH is 11. The molecule has 12 N–H and O–H groups in total. The molecule has 3 saturated heterocycles. The minimum Gasteiger partial charge on any atom is -0.394 e. The molecule has 94 heavy (non-hydrogen) atoms. The molecule has 19 heteroatoms. The second-order valence-electron chi connectivity index (χ2n) is 26.7. The Balaban J connectivity index is 1.43. The Hall–Kier alpha value is -2.51. The van der Waals surface area contributed by atoms with E-state index >= 15 is 0 Å². The van der Waals surface area contributed by atoms with Gasteiger partial charge in [-0.15, -0.1) is 0 Å². The van der Waals surface area contributed by atoms with Gasteiger partial charge in [-0.3, -0.25) is 4.79 Å². The molecule has 0 bridgehead atoms. The molecule has 0 aromatic carbocycles. The number of aliphatic hydroxyl groups is 11. The molecule has 17 unspecified atom stereocenters. The molecular formula is C75H135NO18. The highest BCUT2D eigenvalue weighted by Gasteiger charge is 2.53. The first-order valence-electron chi connectivity index (χ1n) is 37.5. The zero-order chi connectivity index (χ0) is 68.2. The molecule has 3 aliphatic rings. The van der Waals surface area contributed by atoms with Crippen LogP contribution < -0.4 is 5.32 Å². The van der Waals surface area contributed by atoms with Crippen LogP contribution in [0, 0.1) is 0 Å². The van der Waals surface area contributed by atoms with E-state index in [1.807, 2.05) is 6.08 Å². The average Bonchev–Trinajstić information content (AvgIpc) is 0.787. The fraction of sp³-hybridized carbons (Fsp3) is 0.853. The Morgan fingerprint density at radius 3 is 1.14 bits per heavy atom. The summed E-state index contributed by atoms with van der Waals surface area (Å²) in [5, 5.41) is 121. The van der Waals surface area contributed by atoms with Crippen LogP contribution in [0.4, 0.5) is 0 Å². The van der Waals surface area contributed by atoms with E-state index in [0.29, 0.717) is 12.8 Å². The summed E-state index contributed by atoms with van der Waals surface area (Å²) in [6.07, 6.45) is 43.5. The molecule has 17 atom stereocenters. The lowest BCUT2D eigenvalue weighted by atomic mass is 9.96. The number of amides is 1. The molecule has 548 valence electrons. The molecule has 0 spiro atoms. The molecule has 0 aliphatic carbocycles. The molecule has 3 fully saturated rings. The normalized spacial score (nSPS) is 27.7. The van der Waals surface area contributed by atoms with Crippen LogP contribution in [0.1, 0.15) is 277 Å². The van der Waals surface area contributed by atoms with Gasteiger partial charge in [-0.1, -0.05) is 261 Å². The predicted molar refractivity (Wildman–Crippen MR) is 369 cm³/mol. The maximum atomic E-state index is 13.4. The van der Waals surface area contributed by atoms with Gasteiger partial charge in [0, 0.05) is 6.42 Å². The molecule has 3 rings (SSSR count). The maximum absolute atomic E-state index is 13.4. The number of rotatable bonds is 58. The van der Waals surface area contributed by atoms with Crippen molar-refractivity contribution in [3.05, 3.63) is 60.8 Å². The van der Waals surface area contributed by atoms with Crippen molar-refractivity contribution >= 4 is 5.91 Å². The summed E-state index contributed by atoms with van der Waals surface area (Å²) in [5.74, 6) is -0.297. The number of unbranched alkanes of at least 4 members (excludes halogenated alkanes) is 34. The lowest BCUT2D eigenvalue weighted by Gasteiger charge is -2.48. The predicted octanol–water partition coefficient (Wildman–Crippen LogP) is 11.1. The van der Waals surface area contributed by atoms with E-state index in [1.165, 1.54) is 173 Å². The minimum atomic E-state index is -1.99. The van der Waals surface area contributed by atoms with E-state index in [9.17, 15) is 61.0 Å². The Labute approximate surface area is 566 Å². The fourth-order valence-corrected chi connectivity index (χ4v) is 12.5. The van der Waals surface area contributed by atoms with E-state index in [1.54, 1.807) is 6.08 Å². The third-order valence-corrected chi connectivity index (χ3v) is 18.5. The van der Waals surface area contributed by atoms with E-state index in [0.717, 1.165) is 70.6 Å². The van der Waals surface area contributed by atoms with Crippen LogP contribution >= 0.6 is 0 Å². The third kappa shape index (κ3) is 37.1.